The topological polar surface area (TPSA) is 64.7 Å². The summed E-state index contributed by atoms with van der Waals surface area (Å²) in [6.45, 7) is 0. The molecule has 5 nitrogen and oxygen atoms in total. The van der Waals surface area contributed by atoms with E-state index in [1.165, 1.54) is 20.2 Å². The predicted molar refractivity (Wildman–Crippen MR) is 195 cm³/mol. The molecule has 0 fully saturated rings. The predicted octanol–water partition coefficient (Wildman–Crippen LogP) is 11.4. The van der Waals surface area contributed by atoms with E-state index in [0.29, 0.717) is 23.4 Å². The number of fused-ring (bicyclic) bond motifs is 7. The van der Waals surface area contributed by atoms with E-state index in [1.54, 1.807) is 22.7 Å². The minimum absolute atomic E-state index is 0.621. The van der Waals surface area contributed by atoms with Crippen molar-refractivity contribution >= 4 is 74.1 Å². The Morgan fingerprint density at radius 1 is 0.426 bits per heavy atom. The third-order valence-corrected chi connectivity index (χ3v) is 11.0. The maximum atomic E-state index is 6.22. The lowest BCUT2D eigenvalue weighted by Gasteiger charge is -2.10. The van der Waals surface area contributed by atoms with E-state index in [0.717, 1.165) is 53.5 Å². The monoisotopic (exact) mass is 638 g/mol. The number of thiophene rings is 2. The van der Waals surface area contributed by atoms with Crippen molar-refractivity contribution in [2.24, 2.45) is 0 Å². The van der Waals surface area contributed by atoms with Crippen LogP contribution in [0, 0.1) is 0 Å². The average Bonchev–Trinajstić information content (AvgIpc) is 3.85. The molecule has 0 aliphatic rings. The van der Waals surface area contributed by atoms with Crippen molar-refractivity contribution in [3.8, 4) is 45.6 Å². The summed E-state index contributed by atoms with van der Waals surface area (Å²) in [4.78, 5) is 20.3. The maximum absolute atomic E-state index is 6.22. The van der Waals surface area contributed by atoms with Gasteiger partial charge in [-0.1, -0.05) is 97.1 Å². The van der Waals surface area contributed by atoms with Crippen LogP contribution in [0.1, 0.15) is 0 Å². The van der Waals surface area contributed by atoms with E-state index in [2.05, 4.69) is 91.0 Å². The van der Waals surface area contributed by atoms with Gasteiger partial charge in [-0.3, -0.25) is 0 Å². The molecule has 0 saturated carbocycles. The summed E-state index contributed by atoms with van der Waals surface area (Å²) in [5, 5.41) is 4.69. The summed E-state index contributed by atoms with van der Waals surface area (Å²) in [7, 11) is 0. The number of benzene rings is 6. The summed E-state index contributed by atoms with van der Waals surface area (Å²) < 4.78 is 10.9. The number of hydrogen-bond donors (Lipinski definition) is 0. The Balaban J connectivity index is 1.23. The molecule has 0 radical (unpaired) electrons. The molecule has 0 atom stereocenters. The van der Waals surface area contributed by atoms with Crippen molar-refractivity contribution in [1.29, 1.82) is 0 Å². The van der Waals surface area contributed by atoms with Gasteiger partial charge in [0.15, 0.2) is 23.1 Å². The van der Waals surface area contributed by atoms with Gasteiger partial charge in [0.05, 0.1) is 5.56 Å². The van der Waals surface area contributed by atoms with Crippen LogP contribution in [-0.4, -0.2) is 19.9 Å². The molecule has 0 amide bonds. The van der Waals surface area contributed by atoms with Gasteiger partial charge in [0.1, 0.15) is 5.52 Å². The first-order chi connectivity index (χ1) is 23.3. The number of nitrogens with zero attached hydrogens (tertiary/aromatic N) is 4. The Morgan fingerprint density at radius 3 is 1.94 bits per heavy atom. The number of para-hydroxylation sites is 2. The molecule has 4 aromatic heterocycles. The van der Waals surface area contributed by atoms with Crippen LogP contribution in [0.5, 0.6) is 0 Å². The largest absolute Gasteiger partial charge is 0.436 e. The second-order valence-corrected chi connectivity index (χ2v) is 13.5. The Morgan fingerprint density at radius 2 is 1.04 bits per heavy atom. The lowest BCUT2D eigenvalue weighted by atomic mass is 10.0. The Kier molecular flexibility index (Phi) is 5.85. The molecule has 4 heterocycles. The Bertz CT molecular complexity index is 2780. The molecule has 0 aliphatic carbocycles. The van der Waals surface area contributed by atoms with Gasteiger partial charge in [-0.15, -0.1) is 22.7 Å². The number of rotatable bonds is 4. The van der Waals surface area contributed by atoms with Gasteiger partial charge >= 0.3 is 0 Å². The molecule has 220 valence electrons. The van der Waals surface area contributed by atoms with Crippen LogP contribution >= 0.6 is 22.7 Å². The zero-order valence-electron chi connectivity index (χ0n) is 24.7. The highest BCUT2D eigenvalue weighted by atomic mass is 32.1. The van der Waals surface area contributed by atoms with Gasteiger partial charge in [0, 0.05) is 57.0 Å². The number of hydrogen-bond acceptors (Lipinski definition) is 7. The summed E-state index contributed by atoms with van der Waals surface area (Å²) in [6.07, 6.45) is 0. The molecule has 0 unspecified atom stereocenters. The first-order valence-electron chi connectivity index (χ1n) is 15.3. The molecule has 0 saturated heterocycles. The quantitative estimate of drug-likeness (QED) is 0.192. The normalized spacial score (nSPS) is 11.8. The molecule has 0 bridgehead atoms. The van der Waals surface area contributed by atoms with Crippen molar-refractivity contribution < 1.29 is 4.42 Å². The molecule has 0 spiro atoms. The van der Waals surface area contributed by atoms with E-state index in [-0.39, 0.29) is 0 Å². The van der Waals surface area contributed by atoms with Gasteiger partial charge < -0.3 is 4.42 Å². The molecule has 7 heteroatoms. The number of oxazole rings is 1. The smallest absolute Gasteiger partial charge is 0.228 e. The Hall–Kier alpha value is -5.76. The van der Waals surface area contributed by atoms with Gasteiger partial charge in [-0.05, 0) is 36.4 Å². The van der Waals surface area contributed by atoms with E-state index in [9.17, 15) is 0 Å². The van der Waals surface area contributed by atoms with Gasteiger partial charge in [-0.2, -0.15) is 0 Å². The van der Waals surface area contributed by atoms with Crippen LogP contribution in [0.25, 0.3) is 97.1 Å². The highest BCUT2D eigenvalue weighted by molar-refractivity contribution is 7.26. The fourth-order valence-electron chi connectivity index (χ4n) is 6.45. The molecule has 47 heavy (non-hydrogen) atoms. The lowest BCUT2D eigenvalue weighted by Crippen LogP contribution is -2.00. The van der Waals surface area contributed by atoms with Crippen LogP contribution < -0.4 is 0 Å². The van der Waals surface area contributed by atoms with Gasteiger partial charge in [0.25, 0.3) is 0 Å². The average molecular weight is 639 g/mol. The van der Waals surface area contributed by atoms with Crippen LogP contribution in [0.2, 0.25) is 0 Å². The van der Waals surface area contributed by atoms with Crippen LogP contribution in [0.3, 0.4) is 0 Å². The SMILES string of the molecule is c1ccc(-c2nc(-c3cccc4c3sc3ccccc34)nc(-c3cccc4sc5c(-c6nc7ccccc7o6)cccc5c34)n2)cc1. The third-order valence-electron chi connectivity index (χ3n) is 8.60. The second kappa shape index (κ2) is 10.4. The van der Waals surface area contributed by atoms with E-state index in [1.807, 2.05) is 42.5 Å². The summed E-state index contributed by atoms with van der Waals surface area (Å²) in [5.41, 5.74) is 5.52. The molecule has 0 N–H and O–H groups in total. The zero-order chi connectivity index (χ0) is 30.9. The van der Waals surface area contributed by atoms with E-state index >= 15 is 0 Å². The number of aromatic nitrogens is 4. The van der Waals surface area contributed by atoms with E-state index < -0.39 is 0 Å². The summed E-state index contributed by atoms with van der Waals surface area (Å²) in [6, 6.07) is 45.7. The molecule has 10 rings (SSSR count). The molecular formula is C40H22N4OS2. The fraction of sp³-hybridized carbons (Fsp3) is 0. The Labute approximate surface area is 276 Å². The summed E-state index contributed by atoms with van der Waals surface area (Å²) in [5.74, 6) is 2.57. The molecule has 6 aromatic carbocycles. The van der Waals surface area contributed by atoms with Crippen molar-refractivity contribution in [2.45, 2.75) is 0 Å². The fourth-order valence-corrected chi connectivity index (χ4v) is 8.89. The second-order valence-electron chi connectivity index (χ2n) is 11.4. The minimum Gasteiger partial charge on any atom is -0.436 e. The standard InChI is InChI=1S/C40H22N4OS2/c1-2-11-23(12-3-1)37-42-38(44-39(43-37)28-17-8-14-25-24-13-4-7-21-32(24)46-35(25)28)27-16-10-22-33-34(27)26-15-9-18-29(36(26)47-33)40-41-30-19-5-6-20-31(30)45-40/h1-22H. The maximum Gasteiger partial charge on any atom is 0.228 e. The highest BCUT2D eigenvalue weighted by Crippen LogP contribution is 2.44. The molecule has 10 aromatic rings. The molecular weight excluding hydrogens is 617 g/mol. The lowest BCUT2D eigenvalue weighted by molar-refractivity contribution is 0.621. The first-order valence-corrected chi connectivity index (χ1v) is 16.9. The van der Waals surface area contributed by atoms with Gasteiger partial charge in [0.2, 0.25) is 5.89 Å². The first kappa shape index (κ1) is 26.5. The highest BCUT2D eigenvalue weighted by Gasteiger charge is 2.21. The van der Waals surface area contributed by atoms with Crippen LogP contribution in [0.15, 0.2) is 138 Å². The van der Waals surface area contributed by atoms with E-state index in [4.69, 9.17) is 24.4 Å². The van der Waals surface area contributed by atoms with Crippen LogP contribution in [-0.2, 0) is 0 Å². The summed E-state index contributed by atoms with van der Waals surface area (Å²) >= 11 is 3.52. The van der Waals surface area contributed by atoms with Crippen molar-refractivity contribution in [3.05, 3.63) is 133 Å². The zero-order valence-corrected chi connectivity index (χ0v) is 26.3. The third kappa shape index (κ3) is 4.21. The van der Waals surface area contributed by atoms with Crippen LogP contribution in [0.4, 0.5) is 0 Å². The van der Waals surface area contributed by atoms with Crippen molar-refractivity contribution in [1.82, 2.24) is 19.9 Å². The van der Waals surface area contributed by atoms with Crippen molar-refractivity contribution in [3.63, 3.8) is 0 Å². The van der Waals surface area contributed by atoms with Crippen molar-refractivity contribution in [2.75, 3.05) is 0 Å². The van der Waals surface area contributed by atoms with Gasteiger partial charge in [-0.25, -0.2) is 19.9 Å². The molecule has 0 aliphatic heterocycles. The minimum atomic E-state index is 0.621.